The first-order chi connectivity index (χ1) is 13.1. The second-order valence-corrected chi connectivity index (χ2v) is 6.90. The molecule has 2 rings (SSSR count). The highest BCUT2D eigenvalue weighted by Crippen LogP contribution is 2.25. The van der Waals surface area contributed by atoms with E-state index in [1.54, 1.807) is 0 Å². The number of nitriles is 1. The van der Waals surface area contributed by atoms with Crippen LogP contribution >= 0.6 is 0 Å². The van der Waals surface area contributed by atoms with Gasteiger partial charge in [0.05, 0.1) is 24.0 Å². The van der Waals surface area contributed by atoms with E-state index in [0.717, 1.165) is 0 Å². The minimum absolute atomic E-state index is 0.0543. The van der Waals surface area contributed by atoms with Crippen LogP contribution in [0.3, 0.4) is 0 Å². The van der Waals surface area contributed by atoms with Crippen LogP contribution in [0.4, 0.5) is 13.2 Å². The first kappa shape index (κ1) is 21.7. The highest BCUT2D eigenvalue weighted by molar-refractivity contribution is 5.83. The standard InChI is InChI=1S/C19H22F3N3O3/c1-12(26)18(28)25-6-2-3-15(11-25)17(27)24-10-14-5-4-13(9-23)7-16(14)8-19(20,21)22/h4-5,7,12,15,26H,2-3,6,8,10-11H2,1H3,(H,24,27)/t12?,15-/m1/s1. The molecule has 1 saturated heterocycles. The summed E-state index contributed by atoms with van der Waals surface area (Å²) in [5.74, 6) is -1.29. The number of alkyl halides is 3. The Morgan fingerprint density at radius 1 is 1.39 bits per heavy atom. The molecule has 2 atom stereocenters. The molecule has 0 aromatic heterocycles. The minimum Gasteiger partial charge on any atom is -0.384 e. The number of hydrogen-bond acceptors (Lipinski definition) is 4. The number of carbonyl (C=O) groups excluding carboxylic acids is 2. The minimum atomic E-state index is -4.43. The van der Waals surface area contributed by atoms with Crippen molar-refractivity contribution in [1.82, 2.24) is 10.2 Å². The van der Waals surface area contributed by atoms with Gasteiger partial charge in [-0.25, -0.2) is 0 Å². The summed E-state index contributed by atoms with van der Waals surface area (Å²) < 4.78 is 38.4. The smallest absolute Gasteiger partial charge is 0.384 e. The van der Waals surface area contributed by atoms with E-state index in [2.05, 4.69) is 5.32 Å². The molecule has 1 aromatic rings. The third-order valence-corrected chi connectivity index (χ3v) is 4.64. The number of aliphatic hydroxyl groups is 1. The number of likely N-dealkylation sites (tertiary alicyclic amines) is 1. The maximum Gasteiger partial charge on any atom is 0.393 e. The molecule has 0 radical (unpaired) electrons. The average Bonchev–Trinajstić information content (AvgIpc) is 2.64. The highest BCUT2D eigenvalue weighted by Gasteiger charge is 2.31. The number of carbonyl (C=O) groups is 2. The first-order valence-corrected chi connectivity index (χ1v) is 8.94. The molecule has 28 heavy (non-hydrogen) atoms. The molecule has 1 unspecified atom stereocenters. The van der Waals surface area contributed by atoms with Crippen molar-refractivity contribution in [2.75, 3.05) is 13.1 Å². The first-order valence-electron chi connectivity index (χ1n) is 8.94. The Hall–Kier alpha value is -2.60. The SMILES string of the molecule is CC(O)C(=O)N1CCC[C@@H](C(=O)NCc2ccc(C#N)cc2CC(F)(F)F)C1. The lowest BCUT2D eigenvalue weighted by molar-refractivity contribution is -0.142. The molecule has 0 spiro atoms. The molecular weight excluding hydrogens is 375 g/mol. The largest absolute Gasteiger partial charge is 0.393 e. The van der Waals surface area contributed by atoms with E-state index >= 15 is 0 Å². The summed E-state index contributed by atoms with van der Waals surface area (Å²) in [5.41, 5.74) is 0.354. The Morgan fingerprint density at radius 2 is 2.11 bits per heavy atom. The fourth-order valence-electron chi connectivity index (χ4n) is 3.23. The summed E-state index contributed by atoms with van der Waals surface area (Å²) in [4.78, 5) is 25.8. The van der Waals surface area contributed by atoms with Crippen LogP contribution in [0.2, 0.25) is 0 Å². The predicted octanol–water partition coefficient (Wildman–Crippen LogP) is 1.90. The third-order valence-electron chi connectivity index (χ3n) is 4.64. The molecular formula is C19H22F3N3O3. The molecule has 2 N–H and O–H groups in total. The summed E-state index contributed by atoms with van der Waals surface area (Å²) in [5, 5.41) is 20.9. The van der Waals surface area contributed by atoms with Crippen molar-refractivity contribution in [2.45, 2.75) is 45.0 Å². The number of halogens is 3. The van der Waals surface area contributed by atoms with Gasteiger partial charge in [-0.05, 0) is 43.0 Å². The van der Waals surface area contributed by atoms with E-state index in [1.807, 2.05) is 6.07 Å². The summed E-state index contributed by atoms with van der Waals surface area (Å²) in [6.07, 6.45) is -5.61. The van der Waals surface area contributed by atoms with Gasteiger partial charge in [0, 0.05) is 19.6 Å². The van der Waals surface area contributed by atoms with Gasteiger partial charge in [0.1, 0.15) is 6.10 Å². The summed E-state index contributed by atoms with van der Waals surface area (Å²) in [6.45, 7) is 1.88. The molecule has 1 fully saturated rings. The van der Waals surface area contributed by atoms with Crippen molar-refractivity contribution in [1.29, 1.82) is 5.26 Å². The molecule has 1 aliphatic rings. The lowest BCUT2D eigenvalue weighted by Gasteiger charge is -2.32. The second-order valence-electron chi connectivity index (χ2n) is 6.90. The van der Waals surface area contributed by atoms with Crippen LogP contribution in [0, 0.1) is 17.2 Å². The van der Waals surface area contributed by atoms with E-state index in [-0.39, 0.29) is 35.7 Å². The van der Waals surface area contributed by atoms with Gasteiger partial charge in [-0.15, -0.1) is 0 Å². The Morgan fingerprint density at radius 3 is 2.71 bits per heavy atom. The molecule has 1 aliphatic heterocycles. The zero-order valence-corrected chi connectivity index (χ0v) is 15.4. The molecule has 0 bridgehead atoms. The monoisotopic (exact) mass is 397 g/mol. The maximum absolute atomic E-state index is 12.8. The van der Waals surface area contributed by atoms with Crippen molar-refractivity contribution in [3.05, 3.63) is 34.9 Å². The number of hydrogen-bond donors (Lipinski definition) is 2. The van der Waals surface area contributed by atoms with Crippen LogP contribution in [-0.2, 0) is 22.6 Å². The molecule has 0 aliphatic carbocycles. The van der Waals surface area contributed by atoms with Crippen molar-refractivity contribution in [3.63, 3.8) is 0 Å². The fraction of sp³-hybridized carbons (Fsp3) is 0.526. The second kappa shape index (κ2) is 9.06. The normalized spacial score (nSPS) is 18.3. The fourth-order valence-corrected chi connectivity index (χ4v) is 3.23. The van der Waals surface area contributed by atoms with Crippen LogP contribution in [0.5, 0.6) is 0 Å². The number of aliphatic hydroxyl groups excluding tert-OH is 1. The Labute approximate surface area is 160 Å². The number of nitrogens with zero attached hydrogens (tertiary/aromatic N) is 2. The average molecular weight is 397 g/mol. The van der Waals surface area contributed by atoms with Gasteiger partial charge in [-0.3, -0.25) is 9.59 Å². The third kappa shape index (κ3) is 5.96. The van der Waals surface area contributed by atoms with Gasteiger partial charge in [-0.1, -0.05) is 6.07 Å². The molecule has 6 nitrogen and oxygen atoms in total. The van der Waals surface area contributed by atoms with Crippen molar-refractivity contribution >= 4 is 11.8 Å². The lowest BCUT2D eigenvalue weighted by atomic mass is 9.96. The molecule has 9 heteroatoms. The van der Waals surface area contributed by atoms with Crippen LogP contribution < -0.4 is 5.32 Å². The maximum atomic E-state index is 12.8. The summed E-state index contributed by atoms with van der Waals surface area (Å²) in [7, 11) is 0. The van der Waals surface area contributed by atoms with E-state index in [0.29, 0.717) is 19.4 Å². The van der Waals surface area contributed by atoms with E-state index < -0.39 is 30.5 Å². The number of nitrogens with one attached hydrogen (secondary N) is 1. The van der Waals surface area contributed by atoms with Crippen LogP contribution in [-0.4, -0.2) is 47.2 Å². The zero-order valence-electron chi connectivity index (χ0n) is 15.4. The van der Waals surface area contributed by atoms with Crippen molar-refractivity contribution in [2.24, 2.45) is 5.92 Å². The van der Waals surface area contributed by atoms with Gasteiger partial charge in [0.25, 0.3) is 5.91 Å². The molecule has 1 aromatic carbocycles. The van der Waals surface area contributed by atoms with Crippen molar-refractivity contribution in [3.8, 4) is 6.07 Å². The number of benzene rings is 1. The predicted molar refractivity (Wildman–Crippen MR) is 93.7 cm³/mol. The van der Waals surface area contributed by atoms with Crippen LogP contribution in [0.1, 0.15) is 36.5 Å². The van der Waals surface area contributed by atoms with Gasteiger partial charge in [0.2, 0.25) is 5.91 Å². The van der Waals surface area contributed by atoms with Crippen LogP contribution in [0.15, 0.2) is 18.2 Å². The van der Waals surface area contributed by atoms with Gasteiger partial charge in [-0.2, -0.15) is 18.4 Å². The zero-order chi connectivity index (χ0) is 20.9. The number of amides is 2. The van der Waals surface area contributed by atoms with Gasteiger partial charge < -0.3 is 15.3 Å². The Balaban J connectivity index is 2.04. The lowest BCUT2D eigenvalue weighted by Crippen LogP contribution is -2.48. The van der Waals surface area contributed by atoms with Crippen LogP contribution in [0.25, 0.3) is 0 Å². The van der Waals surface area contributed by atoms with Crippen molar-refractivity contribution < 1.29 is 27.9 Å². The Kier molecular flexibility index (Phi) is 7.02. The molecule has 2 amide bonds. The summed E-state index contributed by atoms with van der Waals surface area (Å²) >= 11 is 0. The van der Waals surface area contributed by atoms with E-state index in [1.165, 1.54) is 30.0 Å². The van der Waals surface area contributed by atoms with Gasteiger partial charge in [0.15, 0.2) is 0 Å². The Bertz CT molecular complexity index is 772. The van der Waals surface area contributed by atoms with E-state index in [9.17, 15) is 27.9 Å². The molecule has 152 valence electrons. The molecule has 1 heterocycles. The highest BCUT2D eigenvalue weighted by atomic mass is 19.4. The van der Waals surface area contributed by atoms with Gasteiger partial charge >= 0.3 is 6.18 Å². The topological polar surface area (TPSA) is 93.4 Å². The summed E-state index contributed by atoms with van der Waals surface area (Å²) in [6, 6.07) is 5.80. The molecule has 0 saturated carbocycles. The van der Waals surface area contributed by atoms with E-state index in [4.69, 9.17) is 5.26 Å². The quantitative estimate of drug-likeness (QED) is 0.794. The number of piperidine rings is 1. The number of rotatable bonds is 5.